The first-order chi connectivity index (χ1) is 20.1. The molecular weight excluding hydrogens is 573 g/mol. The van der Waals surface area contributed by atoms with Crippen molar-refractivity contribution < 1.29 is 9.59 Å². The summed E-state index contributed by atoms with van der Waals surface area (Å²) in [6.45, 7) is 6.62. The third kappa shape index (κ3) is 7.18. The van der Waals surface area contributed by atoms with Gasteiger partial charge < -0.3 is 16.0 Å². The molecule has 4 rings (SSSR count). The van der Waals surface area contributed by atoms with Crippen molar-refractivity contribution in [3.8, 4) is 0 Å². The summed E-state index contributed by atoms with van der Waals surface area (Å²) < 4.78 is 0. The van der Waals surface area contributed by atoms with Gasteiger partial charge in [-0.3, -0.25) is 14.6 Å². The minimum atomic E-state index is -0.676. The molecule has 0 saturated heterocycles. The summed E-state index contributed by atoms with van der Waals surface area (Å²) in [7, 11) is 0. The van der Waals surface area contributed by atoms with Crippen molar-refractivity contribution in [1.29, 1.82) is 5.53 Å². The lowest BCUT2D eigenvalue weighted by atomic mass is 9.75. The molecule has 0 bridgehead atoms. The molecule has 2 aromatic carbocycles. The second-order valence-corrected chi connectivity index (χ2v) is 12.5. The Morgan fingerprint density at radius 3 is 2.38 bits per heavy atom. The van der Waals surface area contributed by atoms with E-state index in [1.165, 1.54) is 0 Å². The topological polar surface area (TPSA) is 136 Å². The van der Waals surface area contributed by atoms with Crippen molar-refractivity contribution in [1.82, 2.24) is 10.2 Å². The van der Waals surface area contributed by atoms with E-state index in [1.807, 2.05) is 17.0 Å². The molecule has 2 aromatic rings. The van der Waals surface area contributed by atoms with Gasteiger partial charge in [0.15, 0.2) is 0 Å². The monoisotopic (exact) mass is 611 g/mol. The number of carbonyl (C=O) groups is 2. The average Bonchev–Trinajstić information content (AvgIpc) is 3.19. The van der Waals surface area contributed by atoms with Crippen molar-refractivity contribution in [3.05, 3.63) is 69.2 Å². The summed E-state index contributed by atoms with van der Waals surface area (Å²) >= 11 is 12.7. The van der Waals surface area contributed by atoms with Crippen LogP contribution in [0.3, 0.4) is 0 Å². The molecule has 1 heterocycles. The molecule has 3 atom stereocenters. The van der Waals surface area contributed by atoms with Crippen LogP contribution in [0, 0.1) is 17.4 Å². The molecule has 0 aromatic heterocycles. The number of hydrogen-bond donors (Lipinski definition) is 3. The number of aliphatic imine (C=N–C) groups is 1. The van der Waals surface area contributed by atoms with Crippen LogP contribution >= 0.6 is 23.2 Å². The van der Waals surface area contributed by atoms with Crippen LogP contribution in [-0.4, -0.2) is 40.5 Å². The number of halogens is 2. The number of amides is 2. The second kappa shape index (κ2) is 13.8. The Labute approximate surface area is 257 Å². The zero-order chi connectivity index (χ0) is 30.4. The number of nitrogens with two attached hydrogens (primary N) is 1. The van der Waals surface area contributed by atoms with Crippen molar-refractivity contribution in [3.63, 3.8) is 0 Å². The van der Waals surface area contributed by atoms with E-state index in [1.54, 1.807) is 30.3 Å². The standard InChI is InChI=1S/C31H39Cl2N7O2/c1-4-5-6-7-26(21-8-10-22(11-9-21)29(41)36-18-27(34)38-39-35)40-30(42)28(23-13-24(32)15-25(33)14-23)37-31(40)16-19(2)12-20(3)17-31/h8-11,13-15,19-20,26H,4-7,12,16-18H2,1-3H3,(H,36,41)(H3,34,35,38)/t19?,20?,26-,31?/m1/s1. The highest BCUT2D eigenvalue weighted by molar-refractivity contribution is 6.47. The van der Waals surface area contributed by atoms with Crippen LogP contribution in [0.25, 0.3) is 0 Å². The zero-order valence-electron chi connectivity index (χ0n) is 24.4. The lowest BCUT2D eigenvalue weighted by Crippen LogP contribution is -2.52. The molecule has 42 heavy (non-hydrogen) atoms. The predicted molar refractivity (Wildman–Crippen MR) is 167 cm³/mol. The maximum atomic E-state index is 14.4. The Balaban J connectivity index is 1.72. The van der Waals surface area contributed by atoms with Crippen LogP contribution < -0.4 is 11.1 Å². The van der Waals surface area contributed by atoms with Crippen LogP contribution in [0.4, 0.5) is 0 Å². The van der Waals surface area contributed by atoms with E-state index in [0.717, 1.165) is 50.5 Å². The van der Waals surface area contributed by atoms with Crippen molar-refractivity contribution >= 4 is 46.6 Å². The van der Waals surface area contributed by atoms with Gasteiger partial charge in [-0.2, -0.15) is 5.53 Å². The zero-order valence-corrected chi connectivity index (χ0v) is 25.9. The number of hydrogen-bond acceptors (Lipinski definition) is 5. The van der Waals surface area contributed by atoms with Crippen molar-refractivity contribution in [2.75, 3.05) is 6.54 Å². The Bertz CT molecular complexity index is 1350. The van der Waals surface area contributed by atoms with Gasteiger partial charge in [0, 0.05) is 21.2 Å². The van der Waals surface area contributed by atoms with Gasteiger partial charge in [-0.25, -0.2) is 0 Å². The highest BCUT2D eigenvalue weighted by Gasteiger charge is 2.53. The fraction of sp³-hybridized carbons (Fsp3) is 0.484. The van der Waals surface area contributed by atoms with Crippen LogP contribution in [0.15, 0.2) is 57.8 Å². The molecule has 1 spiro atoms. The van der Waals surface area contributed by atoms with E-state index in [9.17, 15) is 9.59 Å². The average molecular weight is 613 g/mol. The first-order valence-electron chi connectivity index (χ1n) is 14.5. The van der Waals surface area contributed by atoms with Gasteiger partial charge in [0.05, 0.1) is 12.6 Å². The number of unbranched alkanes of at least 4 members (excludes halogenated alkanes) is 2. The lowest BCUT2D eigenvalue weighted by Gasteiger charge is -2.47. The molecule has 1 fully saturated rings. The Morgan fingerprint density at radius 2 is 1.79 bits per heavy atom. The summed E-state index contributed by atoms with van der Waals surface area (Å²) in [5.41, 5.74) is 14.2. The largest absolute Gasteiger partial charge is 0.384 e. The number of carbonyl (C=O) groups excluding carboxylic acids is 2. The molecule has 1 aliphatic heterocycles. The van der Waals surface area contributed by atoms with Gasteiger partial charge in [0.25, 0.3) is 11.8 Å². The van der Waals surface area contributed by atoms with E-state index in [0.29, 0.717) is 38.7 Å². The molecule has 4 N–H and O–H groups in total. The third-order valence-electron chi connectivity index (χ3n) is 8.04. The molecule has 11 heteroatoms. The fourth-order valence-corrected chi connectivity index (χ4v) is 7.05. The van der Waals surface area contributed by atoms with E-state index < -0.39 is 5.66 Å². The van der Waals surface area contributed by atoms with Crippen molar-refractivity contribution in [2.45, 2.75) is 77.4 Å². The van der Waals surface area contributed by atoms with Gasteiger partial charge in [-0.15, -0.1) is 5.10 Å². The lowest BCUT2D eigenvalue weighted by molar-refractivity contribution is -0.134. The molecule has 2 aliphatic rings. The molecule has 1 aliphatic carbocycles. The van der Waals surface area contributed by atoms with Gasteiger partial charge in [-0.1, -0.05) is 80.6 Å². The minimum absolute atomic E-state index is 0.0165. The summed E-state index contributed by atoms with van der Waals surface area (Å²) in [4.78, 5) is 34.4. The molecule has 224 valence electrons. The fourth-order valence-electron chi connectivity index (χ4n) is 6.53. The first kappa shape index (κ1) is 31.6. The van der Waals surface area contributed by atoms with Gasteiger partial charge in [-0.05, 0) is 73.4 Å². The smallest absolute Gasteiger partial charge is 0.275 e. The van der Waals surface area contributed by atoms with Crippen molar-refractivity contribution in [2.24, 2.45) is 32.9 Å². The normalized spacial score (nSPS) is 23.2. The van der Waals surface area contributed by atoms with Crippen LogP contribution in [0.2, 0.25) is 10.0 Å². The number of nitrogens with one attached hydrogen (secondary N) is 2. The van der Waals surface area contributed by atoms with E-state index in [4.69, 9.17) is 39.5 Å². The number of nitrogens with zero attached hydrogens (tertiary/aromatic N) is 4. The second-order valence-electron chi connectivity index (χ2n) is 11.6. The summed E-state index contributed by atoms with van der Waals surface area (Å²) in [5.74, 6) is 0.399. The van der Waals surface area contributed by atoms with Gasteiger partial charge >= 0.3 is 0 Å². The summed E-state index contributed by atoms with van der Waals surface area (Å²) in [6, 6.07) is 12.3. The van der Waals surface area contributed by atoms with Gasteiger partial charge in [0.2, 0.25) is 0 Å². The number of rotatable bonds is 11. The molecule has 2 amide bonds. The predicted octanol–water partition coefficient (Wildman–Crippen LogP) is 7.13. The molecular formula is C31H39Cl2N7O2. The van der Waals surface area contributed by atoms with E-state index in [2.05, 4.69) is 36.4 Å². The molecule has 0 radical (unpaired) electrons. The molecule has 9 nitrogen and oxygen atoms in total. The highest BCUT2D eigenvalue weighted by Crippen LogP contribution is 2.49. The minimum Gasteiger partial charge on any atom is -0.384 e. The van der Waals surface area contributed by atoms with E-state index in [-0.39, 0.29) is 30.2 Å². The van der Waals surface area contributed by atoms with Crippen LogP contribution in [0.1, 0.15) is 93.2 Å². The van der Waals surface area contributed by atoms with Gasteiger partial charge in [0.1, 0.15) is 17.2 Å². The highest BCUT2D eigenvalue weighted by atomic mass is 35.5. The number of amidine groups is 1. The maximum Gasteiger partial charge on any atom is 0.275 e. The SMILES string of the molecule is CCCCC[C@H](c1ccc(C(=O)NC/C(N)=N/N=N)cc1)N1C(=O)C(c2cc(Cl)cc(Cl)c2)=NC12CC(C)CC(C)C2. The van der Waals surface area contributed by atoms with E-state index >= 15 is 0 Å². The third-order valence-corrected chi connectivity index (χ3v) is 8.48. The van der Waals surface area contributed by atoms with Crippen LogP contribution in [-0.2, 0) is 4.79 Å². The van der Waals surface area contributed by atoms with Crippen LogP contribution in [0.5, 0.6) is 0 Å². The summed E-state index contributed by atoms with van der Waals surface area (Å²) in [6.07, 6.45) is 6.47. The Hall–Kier alpha value is -3.30. The molecule has 1 saturated carbocycles. The quantitative estimate of drug-likeness (QED) is 0.0819. The Morgan fingerprint density at radius 1 is 1.14 bits per heavy atom. The molecule has 2 unspecified atom stereocenters. The Kier molecular flexibility index (Phi) is 10.4. The summed E-state index contributed by atoms with van der Waals surface area (Å²) in [5, 5.41) is 9.89. The maximum absolute atomic E-state index is 14.4. The first-order valence-corrected chi connectivity index (χ1v) is 15.3. The number of benzene rings is 2.